The Bertz CT molecular complexity index is 683. The van der Waals surface area contributed by atoms with Crippen LogP contribution in [0.1, 0.15) is 6.92 Å². The van der Waals surface area contributed by atoms with Gasteiger partial charge in [0, 0.05) is 7.05 Å². The van der Waals surface area contributed by atoms with Crippen LogP contribution in [0.4, 0.5) is 0 Å². The van der Waals surface area contributed by atoms with Gasteiger partial charge in [-0.05, 0) is 31.2 Å². The number of hydrogen-bond donors (Lipinski definition) is 2. The van der Waals surface area contributed by atoms with Crippen LogP contribution in [0.2, 0.25) is 0 Å². The highest BCUT2D eigenvalue weighted by Gasteiger charge is 2.09. The van der Waals surface area contributed by atoms with Gasteiger partial charge in [0.05, 0.1) is 20.2 Å². The first-order valence-corrected chi connectivity index (χ1v) is 8.65. The Morgan fingerprint density at radius 3 is 2.33 bits per heavy atom. The molecule has 1 atom stereocenters. The molecule has 0 heterocycles. The molecule has 0 aliphatic carbocycles. The van der Waals surface area contributed by atoms with E-state index in [2.05, 4.69) is 15.6 Å². The van der Waals surface area contributed by atoms with Crippen molar-refractivity contribution in [2.45, 2.75) is 13.0 Å². The van der Waals surface area contributed by atoms with Crippen LogP contribution in [-0.2, 0) is 0 Å². The van der Waals surface area contributed by atoms with E-state index in [4.69, 9.17) is 14.2 Å². The predicted octanol–water partition coefficient (Wildman–Crippen LogP) is 3.32. The number of hydrogen-bond acceptors (Lipinski definition) is 4. The minimum absolute atomic E-state index is 0. The first kappa shape index (κ1) is 22.9. The van der Waals surface area contributed by atoms with Crippen molar-refractivity contribution in [3.63, 3.8) is 0 Å². The molecule has 2 aromatic carbocycles. The van der Waals surface area contributed by atoms with E-state index >= 15 is 0 Å². The van der Waals surface area contributed by atoms with Crippen molar-refractivity contribution < 1.29 is 14.2 Å². The smallest absolute Gasteiger partial charge is 0.191 e. The number of aliphatic imine (C=N–C) groups is 1. The van der Waals surface area contributed by atoms with Crippen LogP contribution in [0.5, 0.6) is 17.2 Å². The molecule has 0 aliphatic heterocycles. The molecule has 0 fully saturated rings. The van der Waals surface area contributed by atoms with Crippen molar-refractivity contribution in [3.05, 3.63) is 54.6 Å². The van der Waals surface area contributed by atoms with Crippen molar-refractivity contribution in [1.82, 2.24) is 10.6 Å². The number of para-hydroxylation sites is 3. The lowest BCUT2D eigenvalue weighted by molar-refractivity contribution is 0.213. The summed E-state index contributed by atoms with van der Waals surface area (Å²) in [4.78, 5) is 4.20. The molecule has 2 rings (SSSR count). The number of halogens is 1. The molecule has 148 valence electrons. The van der Waals surface area contributed by atoms with E-state index in [-0.39, 0.29) is 30.1 Å². The van der Waals surface area contributed by atoms with Gasteiger partial charge < -0.3 is 24.8 Å². The second kappa shape index (κ2) is 13.1. The van der Waals surface area contributed by atoms with Crippen molar-refractivity contribution in [2.75, 3.05) is 33.9 Å². The maximum Gasteiger partial charge on any atom is 0.191 e. The third-order valence-corrected chi connectivity index (χ3v) is 3.58. The van der Waals surface area contributed by atoms with Gasteiger partial charge in [-0.3, -0.25) is 4.99 Å². The summed E-state index contributed by atoms with van der Waals surface area (Å²) in [7, 11) is 3.37. The number of ether oxygens (including phenoxy) is 3. The van der Waals surface area contributed by atoms with Crippen molar-refractivity contribution in [2.24, 2.45) is 4.99 Å². The molecule has 2 aromatic rings. The zero-order valence-electron chi connectivity index (χ0n) is 16.0. The molecular formula is C20H28IN3O3. The average Bonchev–Trinajstić information content (AvgIpc) is 2.68. The van der Waals surface area contributed by atoms with Crippen LogP contribution >= 0.6 is 24.0 Å². The summed E-state index contributed by atoms with van der Waals surface area (Å²) in [5.41, 5.74) is 0. The largest absolute Gasteiger partial charge is 0.493 e. The highest BCUT2D eigenvalue weighted by molar-refractivity contribution is 14.0. The topological polar surface area (TPSA) is 64.1 Å². The highest BCUT2D eigenvalue weighted by atomic mass is 127. The number of nitrogens with zero attached hydrogens (tertiary/aromatic N) is 1. The van der Waals surface area contributed by atoms with Crippen molar-refractivity contribution in [3.8, 4) is 17.2 Å². The molecule has 0 aliphatic rings. The minimum atomic E-state index is -0.0505. The fourth-order valence-electron chi connectivity index (χ4n) is 2.29. The number of rotatable bonds is 9. The van der Waals surface area contributed by atoms with Gasteiger partial charge in [-0.25, -0.2) is 0 Å². The van der Waals surface area contributed by atoms with E-state index < -0.39 is 0 Å². The summed E-state index contributed by atoms with van der Waals surface area (Å²) in [5.74, 6) is 3.01. The molecule has 2 N–H and O–H groups in total. The van der Waals surface area contributed by atoms with Crippen molar-refractivity contribution >= 4 is 29.9 Å². The maximum atomic E-state index is 5.92. The molecule has 0 aromatic heterocycles. The van der Waals surface area contributed by atoms with Gasteiger partial charge in [-0.2, -0.15) is 0 Å². The van der Waals surface area contributed by atoms with E-state index in [1.807, 2.05) is 61.5 Å². The fraction of sp³-hybridized carbons (Fsp3) is 0.350. The van der Waals surface area contributed by atoms with Gasteiger partial charge >= 0.3 is 0 Å². The van der Waals surface area contributed by atoms with E-state index in [9.17, 15) is 0 Å². The van der Waals surface area contributed by atoms with Gasteiger partial charge in [-0.15, -0.1) is 24.0 Å². The van der Waals surface area contributed by atoms with Gasteiger partial charge in [0.25, 0.3) is 0 Å². The number of guanidine groups is 1. The molecular weight excluding hydrogens is 457 g/mol. The first-order chi connectivity index (χ1) is 12.7. The third-order valence-electron chi connectivity index (χ3n) is 3.58. The summed E-state index contributed by atoms with van der Waals surface area (Å²) in [5, 5.41) is 6.46. The predicted molar refractivity (Wildman–Crippen MR) is 120 cm³/mol. The van der Waals surface area contributed by atoms with E-state index in [1.54, 1.807) is 14.2 Å². The molecule has 6 nitrogen and oxygen atoms in total. The van der Waals surface area contributed by atoms with Crippen LogP contribution in [-0.4, -0.2) is 45.9 Å². The molecule has 0 spiro atoms. The van der Waals surface area contributed by atoms with E-state index in [1.165, 1.54) is 0 Å². The quantitative estimate of drug-likeness (QED) is 0.247. The SMILES string of the molecule is CN=C(NCCOc1ccccc1)NCC(C)Oc1ccccc1OC.I. The molecule has 0 amide bonds. The Hall–Kier alpha value is -2.16. The van der Waals surface area contributed by atoms with Crippen LogP contribution in [0.25, 0.3) is 0 Å². The minimum Gasteiger partial charge on any atom is -0.493 e. The Labute approximate surface area is 178 Å². The number of nitrogens with one attached hydrogen (secondary N) is 2. The summed E-state index contributed by atoms with van der Waals surface area (Å²) in [6.45, 7) is 3.80. The van der Waals surface area contributed by atoms with Gasteiger partial charge in [-0.1, -0.05) is 30.3 Å². The average molecular weight is 485 g/mol. The van der Waals surface area contributed by atoms with Gasteiger partial charge in [0.15, 0.2) is 17.5 Å². The summed E-state index contributed by atoms with van der Waals surface area (Å²) < 4.78 is 16.9. The molecule has 7 heteroatoms. The number of methoxy groups -OCH3 is 1. The molecule has 27 heavy (non-hydrogen) atoms. The van der Waals surface area contributed by atoms with Gasteiger partial charge in [0.1, 0.15) is 18.5 Å². The number of benzene rings is 2. The third kappa shape index (κ3) is 8.38. The molecule has 0 radical (unpaired) electrons. The molecule has 0 saturated carbocycles. The van der Waals surface area contributed by atoms with E-state index in [0.29, 0.717) is 25.7 Å². The summed E-state index contributed by atoms with van der Waals surface area (Å²) >= 11 is 0. The second-order valence-corrected chi connectivity index (χ2v) is 5.62. The zero-order valence-corrected chi connectivity index (χ0v) is 18.3. The van der Waals surface area contributed by atoms with Crippen LogP contribution < -0.4 is 24.8 Å². The Morgan fingerprint density at radius 2 is 1.67 bits per heavy atom. The van der Waals surface area contributed by atoms with Crippen LogP contribution in [0, 0.1) is 0 Å². The zero-order chi connectivity index (χ0) is 18.6. The molecule has 1 unspecified atom stereocenters. The normalized spacial score (nSPS) is 11.7. The fourth-order valence-corrected chi connectivity index (χ4v) is 2.29. The molecule has 0 bridgehead atoms. The molecule has 0 saturated heterocycles. The van der Waals surface area contributed by atoms with Crippen LogP contribution in [0.3, 0.4) is 0 Å². The maximum absolute atomic E-state index is 5.92. The lowest BCUT2D eigenvalue weighted by Crippen LogP contribution is -2.43. The second-order valence-electron chi connectivity index (χ2n) is 5.62. The lowest BCUT2D eigenvalue weighted by atomic mass is 10.3. The van der Waals surface area contributed by atoms with Crippen LogP contribution in [0.15, 0.2) is 59.6 Å². The standard InChI is InChI=1S/C20H27N3O3.HI/c1-16(26-19-12-8-7-11-18(19)24-3)15-23-20(21-2)22-13-14-25-17-9-5-4-6-10-17;/h4-12,16H,13-15H2,1-3H3,(H2,21,22,23);1H. The van der Waals surface area contributed by atoms with E-state index in [0.717, 1.165) is 17.2 Å². The summed E-state index contributed by atoms with van der Waals surface area (Å²) in [6, 6.07) is 17.3. The Kier molecular flexibility index (Phi) is 11.1. The summed E-state index contributed by atoms with van der Waals surface area (Å²) in [6.07, 6.45) is -0.0505. The Balaban J connectivity index is 0.00000364. The lowest BCUT2D eigenvalue weighted by Gasteiger charge is -2.19. The highest BCUT2D eigenvalue weighted by Crippen LogP contribution is 2.26. The monoisotopic (exact) mass is 485 g/mol. The van der Waals surface area contributed by atoms with Crippen molar-refractivity contribution in [1.29, 1.82) is 0 Å². The van der Waals surface area contributed by atoms with Gasteiger partial charge in [0.2, 0.25) is 0 Å². The Morgan fingerprint density at radius 1 is 1.00 bits per heavy atom. The first-order valence-electron chi connectivity index (χ1n) is 8.65.